The van der Waals surface area contributed by atoms with Crippen molar-refractivity contribution in [2.75, 3.05) is 6.61 Å². The van der Waals surface area contributed by atoms with Crippen LogP contribution in [0, 0.1) is 0 Å². The zero-order valence-electron chi connectivity index (χ0n) is 9.91. The van der Waals surface area contributed by atoms with Gasteiger partial charge in [0.25, 0.3) is 0 Å². The molecule has 0 saturated heterocycles. The summed E-state index contributed by atoms with van der Waals surface area (Å²) in [7, 11) is 0. The van der Waals surface area contributed by atoms with Crippen molar-refractivity contribution in [1.29, 1.82) is 0 Å². The Labute approximate surface area is 99.8 Å². The maximum atomic E-state index is 11.3. The van der Waals surface area contributed by atoms with Crippen LogP contribution in [0.3, 0.4) is 0 Å². The molecule has 90 valence electrons. The normalized spacial score (nSPS) is 11.2. The highest BCUT2D eigenvalue weighted by Gasteiger charge is 2.32. The first kappa shape index (κ1) is 11.5. The van der Waals surface area contributed by atoms with Gasteiger partial charge in [-0.25, -0.2) is 4.79 Å². The summed E-state index contributed by atoms with van der Waals surface area (Å²) in [6, 6.07) is 3.40. The summed E-state index contributed by atoms with van der Waals surface area (Å²) in [5, 5.41) is 0. The van der Waals surface area contributed by atoms with Crippen molar-refractivity contribution in [1.82, 2.24) is 0 Å². The third-order valence-corrected chi connectivity index (χ3v) is 2.22. The molecule has 0 fully saturated rings. The maximum Gasteiger partial charge on any atom is 0.338 e. The van der Waals surface area contributed by atoms with Gasteiger partial charge in [-0.1, -0.05) is 13.5 Å². The molecule has 0 radical (unpaired) electrons. The fourth-order valence-corrected chi connectivity index (χ4v) is 1.30. The molecule has 0 unspecified atom stereocenters. The van der Waals surface area contributed by atoms with Gasteiger partial charge in [0.05, 0.1) is 6.61 Å². The molecule has 17 heavy (non-hydrogen) atoms. The van der Waals surface area contributed by atoms with Crippen molar-refractivity contribution in [3.05, 3.63) is 24.3 Å². The molecule has 0 bridgehead atoms. The van der Waals surface area contributed by atoms with Crippen LogP contribution < -0.4 is 14.2 Å². The fraction of sp³-hybridized carbons (Fsp3) is 0.308. The van der Waals surface area contributed by atoms with Crippen molar-refractivity contribution in [3.8, 4) is 23.0 Å². The summed E-state index contributed by atoms with van der Waals surface area (Å²) in [6.45, 7) is 7.78. The lowest BCUT2D eigenvalue weighted by Crippen LogP contribution is -2.07. The molecule has 0 spiro atoms. The predicted octanol–water partition coefficient (Wildman–Crippen LogP) is 3.06. The largest absolute Gasteiger partial charge is 0.490 e. The third kappa shape index (κ3) is 2.41. The van der Waals surface area contributed by atoms with E-state index in [0.29, 0.717) is 35.2 Å². The van der Waals surface area contributed by atoms with Crippen LogP contribution in [0.4, 0.5) is 0 Å². The highest BCUT2D eigenvalue weighted by molar-refractivity contribution is 5.90. The van der Waals surface area contributed by atoms with Crippen LogP contribution in [0.15, 0.2) is 24.3 Å². The molecule has 0 aromatic heterocycles. The van der Waals surface area contributed by atoms with Crippen LogP contribution in [0.5, 0.6) is 23.0 Å². The molecule has 1 heterocycles. The minimum absolute atomic E-state index is 0.353. The summed E-state index contributed by atoms with van der Waals surface area (Å²) in [4.78, 5) is 11.3. The van der Waals surface area contributed by atoms with E-state index in [1.54, 1.807) is 19.1 Å². The van der Waals surface area contributed by atoms with Crippen LogP contribution >= 0.6 is 0 Å². The Kier molecular flexibility index (Phi) is 3.04. The zero-order chi connectivity index (χ0) is 12.4. The number of hydrogen-bond donors (Lipinski definition) is 0. The van der Waals surface area contributed by atoms with E-state index in [1.165, 1.54) is 0 Å². The van der Waals surface area contributed by atoms with Gasteiger partial charge < -0.3 is 14.2 Å². The lowest BCUT2D eigenvalue weighted by Gasteiger charge is -2.03. The molecule has 0 aliphatic carbocycles. The van der Waals surface area contributed by atoms with E-state index in [4.69, 9.17) is 14.2 Å². The van der Waals surface area contributed by atoms with Gasteiger partial charge in [-0.3, -0.25) is 0 Å². The smallest absolute Gasteiger partial charge is 0.338 e. The second kappa shape index (κ2) is 4.49. The number of hydrogen-bond acceptors (Lipinski definition) is 4. The molecular weight excluding hydrogens is 220 g/mol. The van der Waals surface area contributed by atoms with Crippen molar-refractivity contribution in [3.63, 3.8) is 0 Å². The van der Waals surface area contributed by atoms with Crippen molar-refractivity contribution in [2.45, 2.75) is 20.3 Å². The standard InChI is InChI=1S/C13H14O4/c1-4-7-15-9-5-6-10(12-11(9)17-12)16-13(14)8(2)3/h5-6H,2,4,7H2,1,3H3. The first-order valence-corrected chi connectivity index (χ1v) is 5.48. The molecule has 4 heteroatoms. The van der Waals surface area contributed by atoms with E-state index < -0.39 is 5.97 Å². The third-order valence-electron chi connectivity index (χ3n) is 2.22. The van der Waals surface area contributed by atoms with Crippen LogP contribution in [-0.2, 0) is 4.79 Å². The molecular formula is C13H14O4. The predicted molar refractivity (Wildman–Crippen MR) is 62.8 cm³/mol. The van der Waals surface area contributed by atoms with E-state index >= 15 is 0 Å². The molecule has 1 aliphatic heterocycles. The fourth-order valence-electron chi connectivity index (χ4n) is 1.30. The number of fused-ring (bicyclic) bond motifs is 1. The van der Waals surface area contributed by atoms with Gasteiger partial charge in [0.2, 0.25) is 11.5 Å². The van der Waals surface area contributed by atoms with E-state index in [1.807, 2.05) is 6.92 Å². The first-order valence-electron chi connectivity index (χ1n) is 5.48. The van der Waals surface area contributed by atoms with E-state index in [9.17, 15) is 4.79 Å². The van der Waals surface area contributed by atoms with E-state index in [0.717, 1.165) is 6.42 Å². The molecule has 4 nitrogen and oxygen atoms in total. The first-order chi connectivity index (χ1) is 8.13. The molecule has 1 aromatic rings. The molecule has 1 aromatic carbocycles. The number of esters is 1. The average molecular weight is 234 g/mol. The van der Waals surface area contributed by atoms with Crippen LogP contribution in [0.25, 0.3) is 0 Å². The minimum atomic E-state index is -0.454. The summed E-state index contributed by atoms with van der Waals surface area (Å²) < 4.78 is 15.8. The van der Waals surface area contributed by atoms with Crippen LogP contribution in [-0.4, -0.2) is 12.6 Å². The highest BCUT2D eigenvalue weighted by atomic mass is 16.6. The quantitative estimate of drug-likeness (QED) is 0.345. The molecule has 2 rings (SSSR count). The summed E-state index contributed by atoms with van der Waals surface area (Å²) in [5.74, 6) is 1.89. The van der Waals surface area contributed by atoms with Crippen molar-refractivity contribution in [2.24, 2.45) is 0 Å². The number of carbonyl (C=O) groups is 1. The Balaban J connectivity index is 2.08. The molecule has 1 aliphatic rings. The number of benzene rings is 1. The Morgan fingerprint density at radius 3 is 2.65 bits per heavy atom. The average Bonchev–Trinajstić information content (AvgIpc) is 3.08. The molecule has 0 atom stereocenters. The monoisotopic (exact) mass is 234 g/mol. The van der Waals surface area contributed by atoms with E-state index in [-0.39, 0.29) is 0 Å². The maximum absolute atomic E-state index is 11.3. The zero-order valence-corrected chi connectivity index (χ0v) is 9.91. The van der Waals surface area contributed by atoms with Gasteiger partial charge in [-0.05, 0) is 25.5 Å². The Bertz CT molecular complexity index is 477. The Morgan fingerprint density at radius 2 is 2.00 bits per heavy atom. The van der Waals surface area contributed by atoms with Crippen LogP contribution in [0.1, 0.15) is 20.3 Å². The Hall–Kier alpha value is -1.97. The van der Waals surface area contributed by atoms with Gasteiger partial charge in [0.1, 0.15) is 0 Å². The highest BCUT2D eigenvalue weighted by Crippen LogP contribution is 2.58. The SMILES string of the molecule is C=C(C)C(=O)Oc1ccc(OCCC)c2c1O2. The van der Waals surface area contributed by atoms with Crippen molar-refractivity contribution >= 4 is 5.97 Å². The summed E-state index contributed by atoms with van der Waals surface area (Å²) in [5.41, 5.74) is 0.353. The summed E-state index contributed by atoms with van der Waals surface area (Å²) >= 11 is 0. The van der Waals surface area contributed by atoms with E-state index in [2.05, 4.69) is 6.58 Å². The number of ether oxygens (including phenoxy) is 3. The van der Waals surface area contributed by atoms with Gasteiger partial charge in [-0.2, -0.15) is 0 Å². The number of rotatable bonds is 5. The molecule has 0 saturated carbocycles. The lowest BCUT2D eigenvalue weighted by atomic mass is 10.3. The molecule has 0 N–H and O–H groups in total. The van der Waals surface area contributed by atoms with Gasteiger partial charge in [0, 0.05) is 5.57 Å². The second-order valence-electron chi connectivity index (χ2n) is 3.84. The number of carbonyl (C=O) groups excluding carboxylic acids is 1. The lowest BCUT2D eigenvalue weighted by molar-refractivity contribution is -0.130. The van der Waals surface area contributed by atoms with Gasteiger partial charge in [0.15, 0.2) is 11.5 Å². The topological polar surface area (TPSA) is 48.1 Å². The van der Waals surface area contributed by atoms with Crippen molar-refractivity contribution < 1.29 is 19.0 Å². The second-order valence-corrected chi connectivity index (χ2v) is 3.84. The summed E-state index contributed by atoms with van der Waals surface area (Å²) in [6.07, 6.45) is 0.932. The minimum Gasteiger partial charge on any atom is -0.490 e. The van der Waals surface area contributed by atoms with Gasteiger partial charge >= 0.3 is 5.97 Å². The van der Waals surface area contributed by atoms with Crippen LogP contribution in [0.2, 0.25) is 0 Å². The Morgan fingerprint density at radius 1 is 1.35 bits per heavy atom. The molecule has 0 amide bonds. The van der Waals surface area contributed by atoms with Gasteiger partial charge in [-0.15, -0.1) is 0 Å².